The van der Waals surface area contributed by atoms with Crippen LogP contribution in [0.1, 0.15) is 5.56 Å². The summed E-state index contributed by atoms with van der Waals surface area (Å²) in [6, 6.07) is 12.2. The molecule has 0 aliphatic heterocycles. The molecule has 1 heterocycles. The van der Waals surface area contributed by atoms with E-state index in [-0.39, 0.29) is 16.7 Å². The highest BCUT2D eigenvalue weighted by atomic mass is 32.2. The van der Waals surface area contributed by atoms with Crippen molar-refractivity contribution in [2.75, 3.05) is 17.2 Å². The lowest BCUT2D eigenvalue weighted by atomic mass is 10.1. The number of halogens is 1. The Balaban J connectivity index is 1.56. The lowest BCUT2D eigenvalue weighted by Gasteiger charge is -2.08. The molecule has 0 spiro atoms. The van der Waals surface area contributed by atoms with Gasteiger partial charge in [-0.05, 0) is 48.4 Å². The normalized spacial score (nSPS) is 11.2. The van der Waals surface area contributed by atoms with Crippen LogP contribution < -0.4 is 15.8 Å². The fourth-order valence-corrected chi connectivity index (χ4v) is 2.80. The third-order valence-electron chi connectivity index (χ3n) is 3.63. The number of nitrogens with two attached hydrogens (primary N) is 1. The van der Waals surface area contributed by atoms with Crippen LogP contribution in [0.25, 0.3) is 0 Å². The van der Waals surface area contributed by atoms with Gasteiger partial charge in [0.25, 0.3) is 0 Å². The van der Waals surface area contributed by atoms with Crippen LogP contribution in [0.2, 0.25) is 0 Å². The van der Waals surface area contributed by atoms with Crippen LogP contribution in [-0.2, 0) is 16.4 Å². The van der Waals surface area contributed by atoms with Gasteiger partial charge in [-0.25, -0.2) is 17.9 Å². The van der Waals surface area contributed by atoms with Gasteiger partial charge in [-0.3, -0.25) is 0 Å². The molecule has 0 atom stereocenters. The molecule has 1 aromatic heterocycles. The van der Waals surface area contributed by atoms with Crippen LogP contribution in [-0.4, -0.2) is 30.1 Å². The molecule has 0 saturated carbocycles. The molecule has 0 amide bonds. The molecule has 3 aromatic rings. The van der Waals surface area contributed by atoms with E-state index >= 15 is 0 Å². The van der Waals surface area contributed by atoms with Crippen LogP contribution in [0.3, 0.4) is 0 Å². The summed E-state index contributed by atoms with van der Waals surface area (Å²) in [6.07, 6.45) is 2.13. The smallest absolute Gasteiger partial charge is 0.249 e. The van der Waals surface area contributed by atoms with Gasteiger partial charge in [-0.2, -0.15) is 10.1 Å². The molecule has 0 aliphatic rings. The first-order valence-corrected chi connectivity index (χ1v) is 9.53. The van der Waals surface area contributed by atoms with Gasteiger partial charge < -0.3 is 10.6 Å². The number of hydrogen-bond donors (Lipinski definition) is 3. The van der Waals surface area contributed by atoms with Crippen molar-refractivity contribution in [3.8, 4) is 0 Å². The minimum Gasteiger partial charge on any atom is -0.368 e. The highest BCUT2D eigenvalue weighted by Gasteiger charge is 2.07. The van der Waals surface area contributed by atoms with E-state index < -0.39 is 10.0 Å². The Morgan fingerprint density at radius 2 is 1.74 bits per heavy atom. The fraction of sp³-hybridized carbons (Fsp3) is 0.118. The first-order valence-electron chi connectivity index (χ1n) is 7.98. The number of anilines is 3. The molecule has 27 heavy (non-hydrogen) atoms. The van der Waals surface area contributed by atoms with Crippen molar-refractivity contribution in [2.45, 2.75) is 11.3 Å². The largest absolute Gasteiger partial charge is 0.368 e. The van der Waals surface area contributed by atoms with Crippen LogP contribution in [0, 0.1) is 5.82 Å². The zero-order valence-electron chi connectivity index (χ0n) is 14.1. The summed E-state index contributed by atoms with van der Waals surface area (Å²) in [5.74, 6) is 0.479. The molecule has 0 saturated heterocycles. The van der Waals surface area contributed by atoms with E-state index in [1.165, 1.54) is 30.5 Å². The van der Waals surface area contributed by atoms with Crippen LogP contribution >= 0.6 is 0 Å². The lowest BCUT2D eigenvalue weighted by Crippen LogP contribution is -2.12. The predicted octanol–water partition coefficient (Wildman–Crippen LogP) is 2.06. The zero-order valence-corrected chi connectivity index (χ0v) is 14.9. The van der Waals surface area contributed by atoms with Crippen molar-refractivity contribution in [3.05, 3.63) is 66.1 Å². The van der Waals surface area contributed by atoms with E-state index in [1.54, 1.807) is 24.3 Å². The summed E-state index contributed by atoms with van der Waals surface area (Å²) in [6.45, 7) is 0.559. The maximum atomic E-state index is 12.9. The number of rotatable bonds is 7. The van der Waals surface area contributed by atoms with Gasteiger partial charge in [0.05, 0.1) is 11.1 Å². The molecule has 10 heteroatoms. The Bertz CT molecular complexity index is 1010. The van der Waals surface area contributed by atoms with Crippen molar-refractivity contribution in [2.24, 2.45) is 5.14 Å². The summed E-state index contributed by atoms with van der Waals surface area (Å²) in [7, 11) is -3.68. The third-order valence-corrected chi connectivity index (χ3v) is 4.56. The van der Waals surface area contributed by atoms with Crippen molar-refractivity contribution in [3.63, 3.8) is 0 Å². The SMILES string of the molecule is NS(=O)(=O)c1ccc(CCNc2cnnc(Nc3ccc(F)cc3)n2)cc1. The van der Waals surface area contributed by atoms with Gasteiger partial charge in [0, 0.05) is 12.2 Å². The Morgan fingerprint density at radius 3 is 2.41 bits per heavy atom. The van der Waals surface area contributed by atoms with Crippen LogP contribution in [0.4, 0.5) is 21.8 Å². The standard InChI is InChI=1S/C17H17FN6O2S/c18-13-3-5-14(6-4-13)22-17-23-16(11-21-24-17)20-10-9-12-1-7-15(8-2-12)27(19,25)26/h1-8,11H,9-10H2,(H2,19,25,26)(H2,20,22,23,24). The van der Waals surface area contributed by atoms with Crippen LogP contribution in [0.5, 0.6) is 0 Å². The van der Waals surface area contributed by atoms with Crippen molar-refractivity contribution in [1.82, 2.24) is 15.2 Å². The molecule has 8 nitrogen and oxygen atoms in total. The van der Waals surface area contributed by atoms with Crippen molar-refractivity contribution in [1.29, 1.82) is 0 Å². The quantitative estimate of drug-likeness (QED) is 0.566. The van der Waals surface area contributed by atoms with E-state index in [0.29, 0.717) is 24.5 Å². The highest BCUT2D eigenvalue weighted by Crippen LogP contribution is 2.14. The minimum atomic E-state index is -3.68. The molecule has 0 bridgehead atoms. The summed E-state index contributed by atoms with van der Waals surface area (Å²) in [5, 5.41) is 18.9. The summed E-state index contributed by atoms with van der Waals surface area (Å²) in [5.41, 5.74) is 1.59. The molecular formula is C17H17FN6O2S. The Kier molecular flexibility index (Phi) is 5.57. The summed E-state index contributed by atoms with van der Waals surface area (Å²) in [4.78, 5) is 4.36. The molecule has 0 unspecified atom stereocenters. The molecule has 4 N–H and O–H groups in total. The number of primary sulfonamides is 1. The average molecular weight is 388 g/mol. The highest BCUT2D eigenvalue weighted by molar-refractivity contribution is 7.89. The van der Waals surface area contributed by atoms with Gasteiger partial charge in [0.2, 0.25) is 16.0 Å². The number of aromatic nitrogens is 3. The number of benzene rings is 2. The Morgan fingerprint density at radius 1 is 1.04 bits per heavy atom. The van der Waals surface area contributed by atoms with Crippen LogP contribution in [0.15, 0.2) is 59.6 Å². The molecule has 140 valence electrons. The lowest BCUT2D eigenvalue weighted by molar-refractivity contribution is 0.597. The third kappa shape index (κ3) is 5.43. The first kappa shape index (κ1) is 18.7. The number of nitrogens with zero attached hydrogens (tertiary/aromatic N) is 3. The minimum absolute atomic E-state index is 0.0794. The molecular weight excluding hydrogens is 371 g/mol. The first-order chi connectivity index (χ1) is 12.9. The Labute approximate surface area is 155 Å². The van der Waals surface area contributed by atoms with E-state index in [2.05, 4.69) is 25.8 Å². The molecule has 2 aromatic carbocycles. The zero-order chi connectivity index (χ0) is 19.3. The van der Waals surface area contributed by atoms with E-state index in [4.69, 9.17) is 5.14 Å². The molecule has 0 aliphatic carbocycles. The van der Waals surface area contributed by atoms with Gasteiger partial charge in [0.1, 0.15) is 5.82 Å². The second-order valence-electron chi connectivity index (χ2n) is 5.66. The monoisotopic (exact) mass is 388 g/mol. The van der Waals surface area contributed by atoms with E-state index in [9.17, 15) is 12.8 Å². The van der Waals surface area contributed by atoms with Gasteiger partial charge >= 0.3 is 0 Å². The maximum absolute atomic E-state index is 12.9. The van der Waals surface area contributed by atoms with E-state index in [1.807, 2.05) is 0 Å². The second-order valence-corrected chi connectivity index (χ2v) is 7.22. The maximum Gasteiger partial charge on any atom is 0.249 e. The van der Waals surface area contributed by atoms with E-state index in [0.717, 1.165) is 5.56 Å². The van der Waals surface area contributed by atoms with Crippen molar-refractivity contribution < 1.29 is 12.8 Å². The number of nitrogens with one attached hydrogen (secondary N) is 2. The predicted molar refractivity (Wildman–Crippen MR) is 99.5 cm³/mol. The van der Waals surface area contributed by atoms with Gasteiger partial charge in [-0.15, -0.1) is 5.10 Å². The average Bonchev–Trinajstić information content (AvgIpc) is 2.64. The second kappa shape index (κ2) is 8.06. The van der Waals surface area contributed by atoms with Gasteiger partial charge in [-0.1, -0.05) is 12.1 Å². The fourth-order valence-electron chi connectivity index (χ4n) is 2.28. The van der Waals surface area contributed by atoms with Gasteiger partial charge in [0.15, 0.2) is 5.82 Å². The topological polar surface area (TPSA) is 123 Å². The number of sulfonamides is 1. The summed E-state index contributed by atoms with van der Waals surface area (Å²) >= 11 is 0. The molecule has 0 radical (unpaired) electrons. The molecule has 0 fully saturated rings. The van der Waals surface area contributed by atoms with Crippen molar-refractivity contribution >= 4 is 27.5 Å². The molecule has 3 rings (SSSR count). The number of hydrogen-bond acceptors (Lipinski definition) is 7. The Hall–Kier alpha value is -3.11. The summed E-state index contributed by atoms with van der Waals surface area (Å²) < 4.78 is 35.4.